The van der Waals surface area contributed by atoms with Crippen LogP contribution < -0.4 is 0 Å². The van der Waals surface area contributed by atoms with E-state index >= 15 is 0 Å². The van der Waals surface area contributed by atoms with Crippen LogP contribution in [-0.4, -0.2) is 24.5 Å². The second-order valence-corrected chi connectivity index (χ2v) is 5.70. The number of rotatable bonds is 7. The fraction of sp³-hybridized carbons (Fsp3) is 0.417. The molecule has 1 rings (SSSR count). The van der Waals surface area contributed by atoms with Gasteiger partial charge < -0.3 is 0 Å². The van der Waals surface area contributed by atoms with Gasteiger partial charge in [0.1, 0.15) is 5.04 Å². The van der Waals surface area contributed by atoms with Gasteiger partial charge in [-0.2, -0.15) is 0 Å². The number of phosphoric ester groups is 1. The molecule has 0 N–H and O–H groups in total. The first-order chi connectivity index (χ1) is 9.15. The Morgan fingerprint density at radius 2 is 1.79 bits per heavy atom. The van der Waals surface area contributed by atoms with Crippen molar-refractivity contribution in [3.63, 3.8) is 0 Å². The van der Waals surface area contributed by atoms with E-state index in [9.17, 15) is 4.57 Å². The van der Waals surface area contributed by atoms with Crippen molar-refractivity contribution in [1.29, 1.82) is 0 Å². The maximum Gasteiger partial charge on any atom is 0.550 e. The quantitative estimate of drug-likeness (QED) is 0.331. The van der Waals surface area contributed by atoms with Gasteiger partial charge in [-0.25, -0.2) is 4.57 Å². The van der Waals surface area contributed by atoms with Crippen molar-refractivity contribution >= 4 is 24.6 Å². The van der Waals surface area contributed by atoms with Crippen LogP contribution in [0, 0.1) is 0 Å². The zero-order valence-corrected chi connectivity index (χ0v) is 12.9. The molecular weight excluding hydrogens is 285 g/mol. The van der Waals surface area contributed by atoms with Crippen molar-refractivity contribution in [3.8, 4) is 0 Å². The van der Waals surface area contributed by atoms with Crippen molar-refractivity contribution in [2.45, 2.75) is 13.8 Å². The van der Waals surface area contributed by atoms with E-state index in [4.69, 9.17) is 13.7 Å². The standard InChI is InChI=1S/C12H18NO4PS/c1-4-15-18(14,16-5-2)17-13-12(19-3)11-9-7-6-8-10-11/h6-10H,4-5H2,1-3H3/b13-12+. The van der Waals surface area contributed by atoms with E-state index in [2.05, 4.69) is 5.16 Å². The number of hydrogen-bond donors (Lipinski definition) is 0. The summed E-state index contributed by atoms with van der Waals surface area (Å²) >= 11 is 1.39. The highest BCUT2D eigenvalue weighted by Crippen LogP contribution is 2.49. The van der Waals surface area contributed by atoms with Gasteiger partial charge in [0.25, 0.3) is 0 Å². The van der Waals surface area contributed by atoms with Gasteiger partial charge in [0.05, 0.1) is 13.2 Å². The molecule has 0 aliphatic heterocycles. The molecule has 0 heterocycles. The zero-order valence-electron chi connectivity index (χ0n) is 11.2. The summed E-state index contributed by atoms with van der Waals surface area (Å²) in [6.45, 7) is 3.89. The van der Waals surface area contributed by atoms with E-state index < -0.39 is 7.82 Å². The van der Waals surface area contributed by atoms with E-state index in [1.54, 1.807) is 13.8 Å². The van der Waals surface area contributed by atoms with Crippen LogP contribution in [0.4, 0.5) is 0 Å². The first kappa shape index (κ1) is 16.2. The van der Waals surface area contributed by atoms with E-state index in [1.165, 1.54) is 11.8 Å². The lowest BCUT2D eigenvalue weighted by Crippen LogP contribution is -2.00. The molecule has 0 radical (unpaired) electrons. The Morgan fingerprint density at radius 1 is 1.21 bits per heavy atom. The Balaban J connectivity index is 2.84. The maximum atomic E-state index is 12.1. The Morgan fingerprint density at radius 3 is 2.26 bits per heavy atom. The number of thioether (sulfide) groups is 1. The summed E-state index contributed by atoms with van der Waals surface area (Å²) in [5, 5.41) is 4.50. The van der Waals surface area contributed by atoms with Gasteiger partial charge in [-0.15, -0.1) is 11.8 Å². The fourth-order valence-corrected chi connectivity index (χ4v) is 2.80. The van der Waals surface area contributed by atoms with Crippen molar-refractivity contribution < 1.29 is 18.2 Å². The number of oxime groups is 1. The summed E-state index contributed by atoms with van der Waals surface area (Å²) in [6.07, 6.45) is 1.86. The van der Waals surface area contributed by atoms with Crippen molar-refractivity contribution in [2.75, 3.05) is 19.5 Å². The summed E-state index contributed by atoms with van der Waals surface area (Å²) in [6, 6.07) is 9.49. The molecule has 0 aliphatic rings. The Bertz CT molecular complexity index is 442. The molecule has 5 nitrogen and oxygen atoms in total. The molecule has 7 heteroatoms. The topological polar surface area (TPSA) is 57.1 Å². The lowest BCUT2D eigenvalue weighted by Gasteiger charge is -2.13. The molecular formula is C12H18NO4PS. The highest BCUT2D eigenvalue weighted by Gasteiger charge is 2.27. The Hall–Kier alpha value is -0.810. The average Bonchev–Trinajstić information content (AvgIpc) is 2.41. The molecule has 0 amide bonds. The number of nitrogens with zero attached hydrogens (tertiary/aromatic N) is 1. The molecule has 1 aromatic carbocycles. The first-order valence-electron chi connectivity index (χ1n) is 5.90. The molecule has 1 aromatic rings. The summed E-state index contributed by atoms with van der Waals surface area (Å²) in [5.41, 5.74) is 0.884. The molecule has 0 atom stereocenters. The van der Waals surface area contributed by atoms with Crippen molar-refractivity contribution in [1.82, 2.24) is 0 Å². The Labute approximate surface area is 117 Å². The summed E-state index contributed by atoms with van der Waals surface area (Å²) in [7, 11) is -3.61. The fourth-order valence-electron chi connectivity index (χ4n) is 1.28. The van der Waals surface area contributed by atoms with E-state index in [1.807, 2.05) is 36.6 Å². The maximum absolute atomic E-state index is 12.1. The van der Waals surface area contributed by atoms with Gasteiger partial charge in [0, 0.05) is 5.56 Å². The second kappa shape index (κ2) is 8.38. The largest absolute Gasteiger partial charge is 0.550 e. The predicted octanol–water partition coefficient (Wildman–Crippen LogP) is 3.91. The van der Waals surface area contributed by atoms with Crippen LogP contribution in [0.5, 0.6) is 0 Å². The van der Waals surface area contributed by atoms with Crippen molar-refractivity contribution in [2.24, 2.45) is 5.16 Å². The van der Waals surface area contributed by atoms with E-state index in [-0.39, 0.29) is 13.2 Å². The molecule has 0 spiro atoms. The van der Waals surface area contributed by atoms with Crippen molar-refractivity contribution in [3.05, 3.63) is 35.9 Å². The monoisotopic (exact) mass is 303 g/mol. The van der Waals surface area contributed by atoms with Crippen LogP contribution in [0.15, 0.2) is 35.5 Å². The van der Waals surface area contributed by atoms with Gasteiger partial charge in [-0.3, -0.25) is 13.7 Å². The molecule has 0 aliphatic carbocycles. The third kappa shape index (κ3) is 5.37. The molecule has 0 fully saturated rings. The molecule has 0 bridgehead atoms. The van der Waals surface area contributed by atoms with Gasteiger partial charge in [0.15, 0.2) is 0 Å². The highest BCUT2D eigenvalue weighted by molar-refractivity contribution is 8.13. The highest BCUT2D eigenvalue weighted by atomic mass is 32.2. The normalized spacial score (nSPS) is 12.5. The van der Waals surface area contributed by atoms with Crippen LogP contribution in [0.2, 0.25) is 0 Å². The van der Waals surface area contributed by atoms with Gasteiger partial charge in [-0.05, 0) is 20.1 Å². The van der Waals surface area contributed by atoms with Crippen LogP contribution in [0.3, 0.4) is 0 Å². The van der Waals surface area contributed by atoms with Crippen LogP contribution in [0.1, 0.15) is 19.4 Å². The molecule has 0 aromatic heterocycles. The molecule has 0 saturated heterocycles. The third-order valence-corrected chi connectivity index (χ3v) is 4.14. The van der Waals surface area contributed by atoms with Crippen LogP contribution in [-0.2, 0) is 18.2 Å². The molecule has 19 heavy (non-hydrogen) atoms. The van der Waals surface area contributed by atoms with Gasteiger partial charge in [0.2, 0.25) is 0 Å². The SMILES string of the molecule is CCOP(=O)(OCC)O/N=C(/SC)c1ccccc1. The van der Waals surface area contributed by atoms with Crippen LogP contribution in [0.25, 0.3) is 0 Å². The first-order valence-corrected chi connectivity index (χ1v) is 8.59. The zero-order chi connectivity index (χ0) is 14.1. The van der Waals surface area contributed by atoms with Gasteiger partial charge >= 0.3 is 7.82 Å². The van der Waals surface area contributed by atoms with E-state index in [0.717, 1.165) is 5.56 Å². The minimum Gasteiger partial charge on any atom is -0.291 e. The molecule has 0 saturated carbocycles. The predicted molar refractivity (Wildman–Crippen MR) is 78.4 cm³/mol. The Kier molecular flexibility index (Phi) is 7.16. The number of phosphoric acid groups is 1. The number of hydrogen-bond acceptors (Lipinski definition) is 6. The lowest BCUT2D eigenvalue weighted by atomic mass is 10.2. The minimum atomic E-state index is -3.61. The van der Waals surface area contributed by atoms with Gasteiger partial charge in [-0.1, -0.05) is 35.5 Å². The molecule has 106 valence electrons. The summed E-state index contributed by atoms with van der Waals surface area (Å²) in [4.78, 5) is 0. The summed E-state index contributed by atoms with van der Waals surface area (Å²) in [5.74, 6) is 0. The minimum absolute atomic E-state index is 0.229. The summed E-state index contributed by atoms with van der Waals surface area (Å²) < 4.78 is 27.1. The molecule has 0 unspecified atom stereocenters. The average molecular weight is 303 g/mol. The lowest BCUT2D eigenvalue weighted by molar-refractivity contribution is 0.125. The smallest absolute Gasteiger partial charge is 0.291 e. The van der Waals surface area contributed by atoms with Crippen LogP contribution >= 0.6 is 19.6 Å². The third-order valence-electron chi connectivity index (χ3n) is 2.01. The van der Waals surface area contributed by atoms with E-state index in [0.29, 0.717) is 5.04 Å². The second-order valence-electron chi connectivity index (χ2n) is 3.33. The number of benzene rings is 1.